The monoisotopic (exact) mass is 262 g/mol. The minimum Gasteiger partial charge on any atom is -0.496 e. The molecular weight excluding hydrogens is 236 g/mol. The summed E-state index contributed by atoms with van der Waals surface area (Å²) in [5.41, 5.74) is 7.61. The predicted molar refractivity (Wildman–Crippen MR) is 79.4 cm³/mol. The van der Waals surface area contributed by atoms with Crippen LogP contribution in [0.4, 0.5) is 0 Å². The average Bonchev–Trinajstić information content (AvgIpc) is 2.37. The lowest BCUT2D eigenvalue weighted by Gasteiger charge is -2.42. The number of nitrogens with two attached hydrogens (primary N) is 1. The number of hydrogen-bond acceptors (Lipinski definition) is 3. The van der Waals surface area contributed by atoms with Gasteiger partial charge in [0.1, 0.15) is 5.75 Å². The lowest BCUT2D eigenvalue weighted by atomic mass is 9.87. The van der Waals surface area contributed by atoms with Crippen molar-refractivity contribution in [2.24, 2.45) is 5.73 Å². The number of hydrogen-bond donors (Lipinski definition) is 1. The third kappa shape index (κ3) is 2.93. The molecule has 2 unspecified atom stereocenters. The fourth-order valence-corrected chi connectivity index (χ4v) is 2.91. The Bertz CT molecular complexity index is 403. The Kier molecular flexibility index (Phi) is 4.83. The first-order valence-corrected chi connectivity index (χ1v) is 7.29. The van der Waals surface area contributed by atoms with Crippen molar-refractivity contribution in [3.05, 3.63) is 29.8 Å². The number of methoxy groups -OCH3 is 1. The van der Waals surface area contributed by atoms with Crippen molar-refractivity contribution in [3.63, 3.8) is 0 Å². The van der Waals surface area contributed by atoms with E-state index in [0.29, 0.717) is 6.04 Å². The maximum absolute atomic E-state index is 6.39. The quantitative estimate of drug-likeness (QED) is 0.856. The van der Waals surface area contributed by atoms with E-state index in [1.807, 2.05) is 12.1 Å². The van der Waals surface area contributed by atoms with Gasteiger partial charge in [0.05, 0.1) is 13.2 Å². The van der Waals surface area contributed by atoms with Gasteiger partial charge in [-0.05, 0) is 32.4 Å². The molecule has 0 heterocycles. The van der Waals surface area contributed by atoms with E-state index in [1.165, 1.54) is 24.8 Å². The summed E-state index contributed by atoms with van der Waals surface area (Å²) in [7, 11) is 3.94. The first-order chi connectivity index (χ1) is 9.19. The fraction of sp³-hybridized carbons (Fsp3) is 0.625. The molecule has 2 N–H and O–H groups in total. The van der Waals surface area contributed by atoms with Crippen LogP contribution in [-0.2, 0) is 0 Å². The predicted octanol–water partition coefficient (Wildman–Crippen LogP) is 2.96. The molecule has 19 heavy (non-hydrogen) atoms. The zero-order valence-corrected chi connectivity index (χ0v) is 12.3. The highest BCUT2D eigenvalue weighted by atomic mass is 16.5. The molecule has 1 aromatic rings. The summed E-state index contributed by atoms with van der Waals surface area (Å²) in [5, 5.41) is 0. The standard InChI is InChI=1S/C16H26N2O/c1-4-14(17)16(18(2)12-8-7-9-12)13-10-5-6-11-15(13)19-3/h5-6,10-12,14,16H,4,7-9,17H2,1-3H3. The van der Waals surface area contributed by atoms with Crippen molar-refractivity contribution >= 4 is 0 Å². The van der Waals surface area contributed by atoms with E-state index in [4.69, 9.17) is 10.5 Å². The first-order valence-electron chi connectivity index (χ1n) is 7.29. The van der Waals surface area contributed by atoms with Gasteiger partial charge in [0.2, 0.25) is 0 Å². The topological polar surface area (TPSA) is 38.5 Å². The molecule has 1 aliphatic rings. The molecule has 0 spiro atoms. The number of benzene rings is 1. The number of likely N-dealkylation sites (N-methyl/N-ethyl adjacent to an activating group) is 1. The molecule has 1 aliphatic carbocycles. The van der Waals surface area contributed by atoms with Crippen LogP contribution < -0.4 is 10.5 Å². The molecule has 1 saturated carbocycles. The highest BCUT2D eigenvalue weighted by molar-refractivity contribution is 5.37. The zero-order valence-electron chi connectivity index (χ0n) is 12.3. The molecule has 3 nitrogen and oxygen atoms in total. The van der Waals surface area contributed by atoms with Crippen LogP contribution in [0.1, 0.15) is 44.2 Å². The average molecular weight is 262 g/mol. The lowest BCUT2D eigenvalue weighted by Crippen LogP contribution is -2.46. The third-order valence-corrected chi connectivity index (χ3v) is 4.42. The van der Waals surface area contributed by atoms with Gasteiger partial charge in [-0.2, -0.15) is 0 Å². The van der Waals surface area contributed by atoms with Crippen LogP contribution in [0.15, 0.2) is 24.3 Å². The minimum atomic E-state index is 0.141. The van der Waals surface area contributed by atoms with Gasteiger partial charge in [-0.1, -0.05) is 31.5 Å². The second-order valence-corrected chi connectivity index (χ2v) is 5.51. The molecule has 3 heteroatoms. The van der Waals surface area contributed by atoms with E-state index in [-0.39, 0.29) is 12.1 Å². The maximum atomic E-state index is 6.39. The van der Waals surface area contributed by atoms with E-state index in [2.05, 4.69) is 31.0 Å². The first kappa shape index (κ1) is 14.4. The molecule has 0 radical (unpaired) electrons. The van der Waals surface area contributed by atoms with Gasteiger partial charge in [-0.25, -0.2) is 0 Å². The van der Waals surface area contributed by atoms with Crippen LogP contribution in [-0.4, -0.2) is 31.1 Å². The smallest absolute Gasteiger partial charge is 0.123 e. The fourth-order valence-electron chi connectivity index (χ4n) is 2.91. The summed E-state index contributed by atoms with van der Waals surface area (Å²) >= 11 is 0. The summed E-state index contributed by atoms with van der Waals surface area (Å²) in [6.07, 6.45) is 4.89. The van der Waals surface area contributed by atoms with Gasteiger partial charge in [0.15, 0.2) is 0 Å². The molecular formula is C16H26N2O. The SMILES string of the molecule is CCC(N)C(c1ccccc1OC)N(C)C1CCC1. The van der Waals surface area contributed by atoms with Crippen LogP contribution in [0, 0.1) is 0 Å². The van der Waals surface area contributed by atoms with Crippen molar-refractivity contribution in [1.82, 2.24) is 4.90 Å². The van der Waals surface area contributed by atoms with E-state index < -0.39 is 0 Å². The summed E-state index contributed by atoms with van der Waals surface area (Å²) in [6, 6.07) is 9.32. The highest BCUT2D eigenvalue weighted by Crippen LogP contribution is 2.36. The summed E-state index contributed by atoms with van der Waals surface area (Å²) in [5.74, 6) is 0.947. The van der Waals surface area contributed by atoms with Gasteiger partial charge in [-0.3, -0.25) is 4.90 Å². The van der Waals surface area contributed by atoms with E-state index in [0.717, 1.165) is 12.2 Å². The molecule has 106 valence electrons. The third-order valence-electron chi connectivity index (χ3n) is 4.42. The highest BCUT2D eigenvalue weighted by Gasteiger charge is 2.32. The van der Waals surface area contributed by atoms with Gasteiger partial charge < -0.3 is 10.5 Å². The van der Waals surface area contributed by atoms with Crippen molar-refractivity contribution in [2.75, 3.05) is 14.2 Å². The summed E-state index contributed by atoms with van der Waals surface area (Å²) < 4.78 is 5.52. The second kappa shape index (κ2) is 6.40. The lowest BCUT2D eigenvalue weighted by molar-refractivity contribution is 0.0923. The number of rotatable bonds is 6. The van der Waals surface area contributed by atoms with Crippen molar-refractivity contribution in [2.45, 2.75) is 50.7 Å². The van der Waals surface area contributed by atoms with Crippen LogP contribution >= 0.6 is 0 Å². The summed E-state index contributed by atoms with van der Waals surface area (Å²) in [4.78, 5) is 2.45. The van der Waals surface area contributed by atoms with Crippen molar-refractivity contribution in [1.29, 1.82) is 0 Å². The molecule has 0 saturated heterocycles. The second-order valence-electron chi connectivity index (χ2n) is 5.51. The molecule has 2 atom stereocenters. The Labute approximate surface area is 116 Å². The number of para-hydroxylation sites is 1. The molecule has 0 aliphatic heterocycles. The van der Waals surface area contributed by atoms with Crippen molar-refractivity contribution in [3.8, 4) is 5.75 Å². The molecule has 1 aromatic carbocycles. The molecule has 2 rings (SSSR count). The van der Waals surface area contributed by atoms with Crippen LogP contribution in [0.3, 0.4) is 0 Å². The molecule has 0 bridgehead atoms. The molecule has 0 aromatic heterocycles. The normalized spacial score (nSPS) is 19.0. The number of nitrogens with zero attached hydrogens (tertiary/aromatic N) is 1. The van der Waals surface area contributed by atoms with Gasteiger partial charge in [0, 0.05) is 17.6 Å². The number of ether oxygens (including phenoxy) is 1. The van der Waals surface area contributed by atoms with Crippen LogP contribution in [0.25, 0.3) is 0 Å². The van der Waals surface area contributed by atoms with Crippen molar-refractivity contribution < 1.29 is 4.74 Å². The molecule has 1 fully saturated rings. The van der Waals surface area contributed by atoms with Gasteiger partial charge in [0.25, 0.3) is 0 Å². The summed E-state index contributed by atoms with van der Waals surface area (Å²) in [6.45, 7) is 2.15. The Morgan fingerprint density at radius 3 is 2.58 bits per heavy atom. The van der Waals surface area contributed by atoms with Crippen LogP contribution in [0.5, 0.6) is 5.75 Å². The Morgan fingerprint density at radius 2 is 2.05 bits per heavy atom. The Hall–Kier alpha value is -1.06. The zero-order chi connectivity index (χ0) is 13.8. The minimum absolute atomic E-state index is 0.141. The van der Waals surface area contributed by atoms with Gasteiger partial charge in [-0.15, -0.1) is 0 Å². The van der Waals surface area contributed by atoms with Crippen LogP contribution in [0.2, 0.25) is 0 Å². The van der Waals surface area contributed by atoms with Gasteiger partial charge >= 0.3 is 0 Å². The largest absolute Gasteiger partial charge is 0.496 e. The van der Waals surface area contributed by atoms with E-state index >= 15 is 0 Å². The van der Waals surface area contributed by atoms with E-state index in [1.54, 1.807) is 7.11 Å². The Morgan fingerprint density at radius 1 is 1.37 bits per heavy atom. The Balaban J connectivity index is 2.30. The van der Waals surface area contributed by atoms with E-state index in [9.17, 15) is 0 Å². The maximum Gasteiger partial charge on any atom is 0.123 e. The molecule has 0 amide bonds.